The standard InChI is InChI=1S/C16H19N6OS/c1-11-3-2-4-22(7-11)16(23)12-8-21(5-6-24-12)15-13-14(18-9-17-13)19-10-20-15/h8-11H,2-7H2,1H3/q-1/t11-/m0/s1. The van der Waals surface area contributed by atoms with Crippen molar-refractivity contribution in [3.63, 3.8) is 0 Å². The summed E-state index contributed by atoms with van der Waals surface area (Å²) >= 11 is 1.62. The van der Waals surface area contributed by atoms with E-state index in [4.69, 9.17) is 0 Å². The van der Waals surface area contributed by atoms with Gasteiger partial charge in [0.2, 0.25) is 0 Å². The Morgan fingerprint density at radius 1 is 1.33 bits per heavy atom. The lowest BCUT2D eigenvalue weighted by molar-refractivity contribution is -0.128. The molecule has 8 heteroatoms. The van der Waals surface area contributed by atoms with Crippen LogP contribution in [0.2, 0.25) is 0 Å². The minimum atomic E-state index is 0.134. The largest absolute Gasteiger partial charge is 0.365 e. The molecule has 1 fully saturated rings. The van der Waals surface area contributed by atoms with Gasteiger partial charge in [0.15, 0.2) is 0 Å². The molecular weight excluding hydrogens is 324 g/mol. The van der Waals surface area contributed by atoms with E-state index < -0.39 is 0 Å². The highest BCUT2D eigenvalue weighted by atomic mass is 32.2. The lowest BCUT2D eigenvalue weighted by Crippen LogP contribution is -2.40. The smallest absolute Gasteiger partial charge is 0.261 e. The summed E-state index contributed by atoms with van der Waals surface area (Å²) in [6.45, 7) is 4.70. The first-order valence-corrected chi connectivity index (χ1v) is 9.20. The number of hydrogen-bond donors (Lipinski definition) is 0. The fraction of sp³-hybridized carbons (Fsp3) is 0.500. The number of piperidine rings is 1. The average molecular weight is 343 g/mol. The van der Waals surface area contributed by atoms with E-state index in [-0.39, 0.29) is 5.91 Å². The van der Waals surface area contributed by atoms with Crippen LogP contribution in [-0.4, -0.2) is 51.1 Å². The summed E-state index contributed by atoms with van der Waals surface area (Å²) in [5, 5.41) is 0. The van der Waals surface area contributed by atoms with Gasteiger partial charge in [-0.1, -0.05) is 6.92 Å². The Kier molecular flexibility index (Phi) is 4.13. The maximum Gasteiger partial charge on any atom is 0.261 e. The van der Waals surface area contributed by atoms with Gasteiger partial charge in [-0.05, 0) is 25.1 Å². The first-order valence-electron chi connectivity index (χ1n) is 8.21. The number of aromatic nitrogens is 4. The number of likely N-dealkylation sites (tertiary alicyclic amines) is 1. The van der Waals surface area contributed by atoms with Crippen molar-refractivity contribution in [2.75, 3.05) is 30.3 Å². The molecule has 2 aromatic rings. The molecular formula is C16H19N6OS-. The molecule has 24 heavy (non-hydrogen) atoms. The molecule has 0 radical (unpaired) electrons. The Hall–Kier alpha value is -2.09. The van der Waals surface area contributed by atoms with Gasteiger partial charge in [0.05, 0.1) is 4.91 Å². The molecule has 2 aliphatic rings. The van der Waals surface area contributed by atoms with Gasteiger partial charge in [0.25, 0.3) is 5.91 Å². The van der Waals surface area contributed by atoms with Crippen molar-refractivity contribution in [3.8, 4) is 0 Å². The van der Waals surface area contributed by atoms with Crippen molar-refractivity contribution in [1.29, 1.82) is 0 Å². The molecule has 0 aromatic carbocycles. The third-order valence-electron chi connectivity index (χ3n) is 4.44. The van der Waals surface area contributed by atoms with Crippen molar-refractivity contribution in [2.45, 2.75) is 19.8 Å². The summed E-state index contributed by atoms with van der Waals surface area (Å²) < 4.78 is 0. The van der Waals surface area contributed by atoms with Crippen LogP contribution >= 0.6 is 11.8 Å². The second kappa shape index (κ2) is 6.43. The number of hydrogen-bond acceptors (Lipinski definition) is 6. The third-order valence-corrected chi connectivity index (χ3v) is 5.42. The van der Waals surface area contributed by atoms with Gasteiger partial charge in [-0.3, -0.25) is 4.79 Å². The van der Waals surface area contributed by atoms with Crippen molar-refractivity contribution >= 4 is 34.7 Å². The van der Waals surface area contributed by atoms with Crippen LogP contribution in [0.25, 0.3) is 11.2 Å². The lowest BCUT2D eigenvalue weighted by atomic mass is 10.0. The molecule has 1 saturated heterocycles. The van der Waals surface area contributed by atoms with E-state index in [1.165, 1.54) is 19.1 Å². The Morgan fingerprint density at radius 3 is 3.12 bits per heavy atom. The number of fused-ring (bicyclic) bond motifs is 1. The molecule has 2 aliphatic heterocycles. The predicted octanol–water partition coefficient (Wildman–Crippen LogP) is 1.64. The van der Waals surface area contributed by atoms with Crippen LogP contribution in [0.15, 0.2) is 23.8 Å². The van der Waals surface area contributed by atoms with E-state index in [0.717, 1.165) is 42.5 Å². The van der Waals surface area contributed by atoms with Crippen LogP contribution in [0, 0.1) is 5.92 Å². The molecule has 0 bridgehead atoms. The highest BCUT2D eigenvalue weighted by molar-refractivity contribution is 8.04. The Morgan fingerprint density at radius 2 is 2.25 bits per heavy atom. The lowest BCUT2D eigenvalue weighted by Gasteiger charge is -2.33. The van der Waals surface area contributed by atoms with E-state index in [1.54, 1.807) is 11.8 Å². The fourth-order valence-corrected chi connectivity index (χ4v) is 4.20. The van der Waals surface area contributed by atoms with E-state index in [1.807, 2.05) is 16.0 Å². The summed E-state index contributed by atoms with van der Waals surface area (Å²) in [6.07, 6.45) is 7.19. The molecule has 1 amide bonds. The van der Waals surface area contributed by atoms with Crippen LogP contribution in [0.4, 0.5) is 5.82 Å². The molecule has 0 spiro atoms. The van der Waals surface area contributed by atoms with Gasteiger partial charge in [-0.2, -0.15) is 0 Å². The van der Waals surface area contributed by atoms with Crippen molar-refractivity contribution < 1.29 is 4.79 Å². The van der Waals surface area contributed by atoms with Crippen LogP contribution in [0.5, 0.6) is 0 Å². The van der Waals surface area contributed by atoms with Gasteiger partial charge in [-0.15, -0.1) is 11.8 Å². The maximum atomic E-state index is 12.8. The van der Waals surface area contributed by atoms with Crippen LogP contribution < -0.4 is 9.88 Å². The molecule has 126 valence electrons. The van der Waals surface area contributed by atoms with Crippen molar-refractivity contribution in [3.05, 3.63) is 23.8 Å². The number of carbonyl (C=O) groups excluding carboxylic acids is 1. The number of imidazole rings is 1. The maximum absolute atomic E-state index is 12.8. The van der Waals surface area contributed by atoms with E-state index in [2.05, 4.69) is 26.9 Å². The average Bonchev–Trinajstić information content (AvgIpc) is 3.10. The van der Waals surface area contributed by atoms with Crippen molar-refractivity contribution in [1.82, 2.24) is 24.8 Å². The summed E-state index contributed by atoms with van der Waals surface area (Å²) in [6, 6.07) is 0. The minimum absolute atomic E-state index is 0.134. The van der Waals surface area contributed by atoms with Gasteiger partial charge < -0.3 is 24.8 Å². The summed E-state index contributed by atoms with van der Waals surface area (Å²) in [4.78, 5) is 34.4. The second-order valence-corrected chi connectivity index (χ2v) is 7.41. The number of thioether (sulfide) groups is 1. The number of amides is 1. The molecule has 2 aromatic heterocycles. The van der Waals surface area contributed by atoms with E-state index in [9.17, 15) is 4.79 Å². The number of anilines is 1. The van der Waals surface area contributed by atoms with Gasteiger partial charge in [0.1, 0.15) is 5.82 Å². The molecule has 7 nitrogen and oxygen atoms in total. The molecule has 0 N–H and O–H groups in total. The summed E-state index contributed by atoms with van der Waals surface area (Å²) in [7, 11) is 0. The summed E-state index contributed by atoms with van der Waals surface area (Å²) in [5.41, 5.74) is 1.27. The molecule has 0 unspecified atom stereocenters. The topological polar surface area (TPSA) is 76.3 Å². The number of nitrogens with zero attached hydrogens (tertiary/aromatic N) is 6. The van der Waals surface area contributed by atoms with Gasteiger partial charge >= 0.3 is 0 Å². The fourth-order valence-electron chi connectivity index (χ4n) is 3.23. The number of carbonyl (C=O) groups is 1. The first-order chi connectivity index (χ1) is 11.7. The Bertz CT molecular complexity index is 788. The second-order valence-electron chi connectivity index (χ2n) is 6.28. The molecule has 0 saturated carbocycles. The summed E-state index contributed by atoms with van der Waals surface area (Å²) in [5.74, 6) is 2.28. The zero-order chi connectivity index (χ0) is 16.5. The van der Waals surface area contributed by atoms with Crippen molar-refractivity contribution in [2.24, 2.45) is 5.92 Å². The third kappa shape index (κ3) is 2.86. The van der Waals surface area contributed by atoms with Crippen LogP contribution in [0.3, 0.4) is 0 Å². The number of rotatable bonds is 2. The Labute approximate surface area is 144 Å². The molecule has 1 atom stereocenters. The minimum Gasteiger partial charge on any atom is -0.365 e. The van der Waals surface area contributed by atoms with Crippen LogP contribution in [-0.2, 0) is 4.79 Å². The van der Waals surface area contributed by atoms with E-state index >= 15 is 0 Å². The van der Waals surface area contributed by atoms with Crippen LogP contribution in [0.1, 0.15) is 19.8 Å². The van der Waals surface area contributed by atoms with Gasteiger partial charge in [0, 0.05) is 49.1 Å². The van der Waals surface area contributed by atoms with E-state index in [0.29, 0.717) is 17.1 Å². The predicted molar refractivity (Wildman–Crippen MR) is 93.5 cm³/mol. The molecule has 4 heterocycles. The SMILES string of the molecule is C[C@H]1CCCN(C(=O)C2=CN(c3ncnc4[n-]cnc34)CCS2)C1. The molecule has 4 rings (SSSR count). The zero-order valence-electron chi connectivity index (χ0n) is 13.6. The Balaban J connectivity index is 1.61. The zero-order valence-corrected chi connectivity index (χ0v) is 14.4. The molecule has 0 aliphatic carbocycles. The quantitative estimate of drug-likeness (QED) is 0.820. The highest BCUT2D eigenvalue weighted by Gasteiger charge is 2.26. The normalized spacial score (nSPS) is 21.9. The van der Waals surface area contributed by atoms with Gasteiger partial charge in [-0.25, -0.2) is 4.98 Å². The monoisotopic (exact) mass is 343 g/mol. The first kappa shape index (κ1) is 15.4. The highest BCUT2D eigenvalue weighted by Crippen LogP contribution is 2.30.